The number of amides is 1. The molecule has 0 saturated carbocycles. The lowest BCUT2D eigenvalue weighted by Crippen LogP contribution is -2.49. The van der Waals surface area contributed by atoms with Crippen molar-refractivity contribution >= 4 is 28.2 Å². The monoisotopic (exact) mass is 573 g/mol. The van der Waals surface area contributed by atoms with Gasteiger partial charge >= 0.3 is 12.4 Å². The summed E-state index contributed by atoms with van der Waals surface area (Å²) < 4.78 is 78.8. The van der Waals surface area contributed by atoms with E-state index in [4.69, 9.17) is 0 Å². The van der Waals surface area contributed by atoms with E-state index in [1.807, 2.05) is 54.6 Å². The molecule has 5 rings (SSSR count). The molecule has 0 bridgehead atoms. The van der Waals surface area contributed by atoms with E-state index in [2.05, 4.69) is 20.4 Å². The van der Waals surface area contributed by atoms with E-state index in [-0.39, 0.29) is 12.6 Å². The maximum Gasteiger partial charge on any atom is 0.416 e. The Hall–Kier alpha value is -4.19. The lowest BCUT2D eigenvalue weighted by molar-refractivity contribution is -0.143. The number of hydrogen-bond donors (Lipinski definition) is 1. The number of piperazine rings is 1. The van der Waals surface area contributed by atoms with E-state index in [1.54, 1.807) is 4.90 Å². The van der Waals surface area contributed by atoms with Crippen LogP contribution in [0, 0.1) is 0 Å². The van der Waals surface area contributed by atoms with Gasteiger partial charge in [-0.2, -0.15) is 31.4 Å². The van der Waals surface area contributed by atoms with Crippen LogP contribution in [-0.2, 0) is 23.6 Å². The zero-order chi connectivity index (χ0) is 29.2. The molecule has 1 fully saturated rings. The molecule has 0 spiro atoms. The summed E-state index contributed by atoms with van der Waals surface area (Å²) in [6, 6.07) is 18.8. The van der Waals surface area contributed by atoms with Gasteiger partial charge in [0.05, 0.1) is 23.4 Å². The number of rotatable bonds is 6. The van der Waals surface area contributed by atoms with Gasteiger partial charge in [0.1, 0.15) is 0 Å². The van der Waals surface area contributed by atoms with Gasteiger partial charge < -0.3 is 10.2 Å². The van der Waals surface area contributed by atoms with Crippen molar-refractivity contribution in [2.75, 3.05) is 42.9 Å². The van der Waals surface area contributed by atoms with E-state index < -0.39 is 35.1 Å². The fraction of sp³-hybridized carbons (Fsp3) is 0.276. The molecule has 1 aliphatic heterocycles. The maximum absolute atomic E-state index is 13.1. The minimum Gasteiger partial charge on any atom is -0.352 e. The average Bonchev–Trinajstić information content (AvgIpc) is 2.93. The highest BCUT2D eigenvalue weighted by molar-refractivity contribution is 5.94. The third-order valence-corrected chi connectivity index (χ3v) is 6.87. The molecule has 3 aromatic carbocycles. The van der Waals surface area contributed by atoms with E-state index >= 15 is 0 Å². The van der Waals surface area contributed by atoms with Gasteiger partial charge in [0, 0.05) is 49.1 Å². The van der Waals surface area contributed by atoms with Gasteiger partial charge in [-0.25, -0.2) is 0 Å². The molecule has 41 heavy (non-hydrogen) atoms. The molecule has 0 aliphatic carbocycles. The topological polar surface area (TPSA) is 61.4 Å². The Morgan fingerprint density at radius 2 is 1.34 bits per heavy atom. The first-order valence-electron chi connectivity index (χ1n) is 12.8. The number of benzene rings is 3. The number of fused-ring (bicyclic) bond motifs is 1. The molecule has 1 N–H and O–H groups in total. The van der Waals surface area contributed by atoms with Crippen LogP contribution in [0.4, 0.5) is 37.8 Å². The third kappa shape index (κ3) is 6.76. The lowest BCUT2D eigenvalue weighted by Gasteiger charge is -2.35. The number of carbonyl (C=O) groups excluding carboxylic acids is 1. The zero-order valence-corrected chi connectivity index (χ0v) is 21.6. The van der Waals surface area contributed by atoms with Crippen LogP contribution < -0.4 is 10.2 Å². The van der Waals surface area contributed by atoms with Crippen LogP contribution >= 0.6 is 0 Å². The standard InChI is InChI=1S/C29H25F6N5O/c30-28(31,32)20-15-21(29(33,34)35)17-22(16-20)36-26(41)18-39-10-12-40(13-11-39)27-24-9-5-4-8-23(24)25(37-38-27)14-19-6-2-1-3-7-19/h1-9,15-17H,10-14,18H2,(H,36,41). The molecule has 2 heterocycles. The Balaban J connectivity index is 1.24. The van der Waals surface area contributed by atoms with Gasteiger partial charge in [0.25, 0.3) is 0 Å². The normalized spacial score (nSPS) is 14.8. The van der Waals surface area contributed by atoms with Crippen LogP contribution in [0.1, 0.15) is 22.4 Å². The molecule has 1 amide bonds. The molecular formula is C29H25F6N5O. The van der Waals surface area contributed by atoms with E-state index in [9.17, 15) is 31.1 Å². The minimum atomic E-state index is -5.00. The molecule has 0 unspecified atom stereocenters. The van der Waals surface area contributed by atoms with Crippen LogP contribution in [0.15, 0.2) is 72.8 Å². The number of carbonyl (C=O) groups is 1. The van der Waals surface area contributed by atoms with Gasteiger partial charge in [-0.3, -0.25) is 9.69 Å². The van der Waals surface area contributed by atoms with Gasteiger partial charge in [-0.15, -0.1) is 5.10 Å². The molecule has 6 nitrogen and oxygen atoms in total. The van der Waals surface area contributed by atoms with Crippen LogP contribution in [0.25, 0.3) is 10.8 Å². The summed E-state index contributed by atoms with van der Waals surface area (Å²) in [7, 11) is 0. The fourth-order valence-electron chi connectivity index (χ4n) is 4.85. The van der Waals surface area contributed by atoms with Crippen LogP contribution in [-0.4, -0.2) is 53.7 Å². The maximum atomic E-state index is 13.1. The Bertz CT molecular complexity index is 1500. The Morgan fingerprint density at radius 1 is 0.756 bits per heavy atom. The summed E-state index contributed by atoms with van der Waals surface area (Å²) in [4.78, 5) is 16.4. The number of nitrogens with zero attached hydrogens (tertiary/aromatic N) is 4. The van der Waals surface area contributed by atoms with Crippen molar-refractivity contribution in [3.63, 3.8) is 0 Å². The first-order valence-corrected chi connectivity index (χ1v) is 12.8. The van der Waals surface area contributed by atoms with Crippen LogP contribution in [0.5, 0.6) is 0 Å². The van der Waals surface area contributed by atoms with Crippen molar-refractivity contribution in [2.24, 2.45) is 0 Å². The molecule has 214 valence electrons. The SMILES string of the molecule is O=C(CN1CCN(c2nnc(Cc3ccccc3)c3ccccc23)CC1)Nc1cc(C(F)(F)F)cc(C(F)(F)F)c1. The number of aromatic nitrogens is 2. The number of anilines is 2. The first kappa shape index (κ1) is 28.3. The number of hydrogen-bond acceptors (Lipinski definition) is 5. The predicted octanol–water partition coefficient (Wildman–Crippen LogP) is 6.02. The summed E-state index contributed by atoms with van der Waals surface area (Å²) in [6.45, 7) is 1.70. The Labute approximate surface area is 231 Å². The quantitative estimate of drug-likeness (QED) is 0.286. The second kappa shape index (κ2) is 11.4. The van der Waals surface area contributed by atoms with Gasteiger partial charge in [0.2, 0.25) is 5.91 Å². The highest BCUT2D eigenvalue weighted by Gasteiger charge is 2.37. The van der Waals surface area contributed by atoms with E-state index in [1.165, 1.54) is 0 Å². The smallest absolute Gasteiger partial charge is 0.352 e. The molecule has 1 aliphatic rings. The van der Waals surface area contributed by atoms with Crippen molar-refractivity contribution in [2.45, 2.75) is 18.8 Å². The highest BCUT2D eigenvalue weighted by atomic mass is 19.4. The van der Waals surface area contributed by atoms with E-state index in [0.717, 1.165) is 22.0 Å². The van der Waals surface area contributed by atoms with Crippen molar-refractivity contribution in [3.8, 4) is 0 Å². The van der Waals surface area contributed by atoms with E-state index in [0.29, 0.717) is 50.6 Å². The average molecular weight is 574 g/mol. The third-order valence-electron chi connectivity index (χ3n) is 6.87. The molecule has 0 atom stereocenters. The highest BCUT2D eigenvalue weighted by Crippen LogP contribution is 2.37. The Morgan fingerprint density at radius 3 is 1.95 bits per heavy atom. The van der Waals surface area contributed by atoms with Gasteiger partial charge in [0.15, 0.2) is 5.82 Å². The van der Waals surface area contributed by atoms with Gasteiger partial charge in [-0.1, -0.05) is 54.6 Å². The predicted molar refractivity (Wildman–Crippen MR) is 143 cm³/mol. The van der Waals surface area contributed by atoms with Crippen molar-refractivity contribution in [1.29, 1.82) is 0 Å². The van der Waals surface area contributed by atoms with Crippen molar-refractivity contribution in [3.05, 3.63) is 95.2 Å². The number of halogens is 6. The largest absolute Gasteiger partial charge is 0.416 e. The summed E-state index contributed by atoms with van der Waals surface area (Å²) in [5.74, 6) is 0.00608. The lowest BCUT2D eigenvalue weighted by atomic mass is 10.0. The summed E-state index contributed by atoms with van der Waals surface area (Å²) in [5, 5.41) is 13.2. The molecule has 1 aromatic heterocycles. The molecule has 0 radical (unpaired) electrons. The molecular weight excluding hydrogens is 548 g/mol. The van der Waals surface area contributed by atoms with Gasteiger partial charge in [-0.05, 0) is 23.8 Å². The Kier molecular flexibility index (Phi) is 7.85. The first-order chi connectivity index (χ1) is 19.5. The molecule has 1 saturated heterocycles. The summed E-state index contributed by atoms with van der Waals surface area (Å²) in [5.41, 5.74) is -1.56. The minimum absolute atomic E-state index is 0.0235. The zero-order valence-electron chi connectivity index (χ0n) is 21.6. The number of nitrogens with one attached hydrogen (secondary N) is 1. The van der Waals surface area contributed by atoms with Crippen LogP contribution in [0.3, 0.4) is 0 Å². The summed E-state index contributed by atoms with van der Waals surface area (Å²) in [6.07, 6.45) is -9.36. The molecule has 4 aromatic rings. The second-order valence-corrected chi connectivity index (χ2v) is 9.78. The van der Waals surface area contributed by atoms with Crippen LogP contribution in [0.2, 0.25) is 0 Å². The van der Waals surface area contributed by atoms with Crippen molar-refractivity contribution < 1.29 is 31.1 Å². The summed E-state index contributed by atoms with van der Waals surface area (Å²) >= 11 is 0. The number of alkyl halides is 6. The van der Waals surface area contributed by atoms with Crippen molar-refractivity contribution in [1.82, 2.24) is 15.1 Å². The fourth-order valence-corrected chi connectivity index (χ4v) is 4.85. The molecule has 12 heteroatoms. The second-order valence-electron chi connectivity index (χ2n) is 9.78.